The van der Waals surface area contributed by atoms with Crippen molar-refractivity contribution in [3.63, 3.8) is 0 Å². The van der Waals surface area contributed by atoms with Crippen LogP contribution in [-0.2, 0) is 4.79 Å². The van der Waals surface area contributed by atoms with E-state index in [0.29, 0.717) is 21.6 Å². The number of piperazine rings is 1. The number of aromatic amines is 1. The Hall–Kier alpha value is -3.84. The molecule has 3 N–H and O–H groups in total. The number of benzene rings is 2. The minimum absolute atomic E-state index is 0.253. The normalized spacial score (nSPS) is 15.0. The maximum Gasteiger partial charge on any atom is 0.257 e. The Labute approximate surface area is 186 Å². The summed E-state index contributed by atoms with van der Waals surface area (Å²) in [6.07, 6.45) is 2.89. The smallest absolute Gasteiger partial charge is 0.257 e. The average molecular weight is 430 g/mol. The highest BCUT2D eigenvalue weighted by Gasteiger charge is 2.13. The molecule has 7 nitrogen and oxygen atoms in total. The quantitative estimate of drug-likeness (QED) is 0.538. The lowest BCUT2D eigenvalue weighted by Crippen LogP contribution is -2.44. The summed E-state index contributed by atoms with van der Waals surface area (Å²) in [5.74, 6) is -0.312. The summed E-state index contributed by atoms with van der Waals surface area (Å²) in [5.41, 5.74) is 2.40. The number of carbonyl (C=O) groups excluding carboxylic acids is 1. The molecule has 32 heavy (non-hydrogen) atoms. The number of likely N-dealkylation sites (N-methyl/N-ethyl adjacent to an activating group) is 1. The van der Waals surface area contributed by atoms with Crippen molar-refractivity contribution < 1.29 is 4.79 Å². The Bertz CT molecular complexity index is 1320. The molecule has 1 aliphatic heterocycles. The van der Waals surface area contributed by atoms with Gasteiger partial charge in [-0.2, -0.15) is 0 Å². The Kier molecular flexibility index (Phi) is 6.09. The Morgan fingerprint density at radius 1 is 1.03 bits per heavy atom. The van der Waals surface area contributed by atoms with Crippen LogP contribution in [0.2, 0.25) is 0 Å². The van der Waals surface area contributed by atoms with Crippen molar-refractivity contribution in [2.75, 3.05) is 48.8 Å². The van der Waals surface area contributed by atoms with E-state index in [9.17, 15) is 9.59 Å². The molecule has 164 valence electrons. The third kappa shape index (κ3) is 4.58. The predicted octanol–water partition coefficient (Wildman–Crippen LogP) is 1.66. The van der Waals surface area contributed by atoms with Gasteiger partial charge in [0.1, 0.15) is 0 Å². The van der Waals surface area contributed by atoms with E-state index in [1.54, 1.807) is 18.3 Å². The van der Waals surface area contributed by atoms with Crippen molar-refractivity contribution >= 4 is 46.5 Å². The summed E-state index contributed by atoms with van der Waals surface area (Å²) in [6.45, 7) is 11.5. The highest BCUT2D eigenvalue weighted by atomic mass is 16.1. The number of carbonyl (C=O) groups is 1. The van der Waals surface area contributed by atoms with E-state index in [1.165, 1.54) is 11.8 Å². The van der Waals surface area contributed by atoms with Crippen LogP contribution in [0.15, 0.2) is 59.9 Å². The molecule has 0 spiro atoms. The van der Waals surface area contributed by atoms with Crippen LogP contribution in [0.5, 0.6) is 0 Å². The zero-order chi connectivity index (χ0) is 22.7. The molecular formula is C25H27N5O2. The summed E-state index contributed by atoms with van der Waals surface area (Å²) in [5, 5.41) is 8.45. The van der Waals surface area contributed by atoms with Gasteiger partial charge in [-0.25, -0.2) is 0 Å². The highest BCUT2D eigenvalue weighted by molar-refractivity contribution is 6.00. The van der Waals surface area contributed by atoms with E-state index in [2.05, 4.69) is 57.8 Å². The third-order valence-corrected chi connectivity index (χ3v) is 5.72. The molecule has 1 saturated heterocycles. The van der Waals surface area contributed by atoms with Crippen LogP contribution in [0.3, 0.4) is 0 Å². The molecule has 1 fully saturated rings. The molecule has 4 rings (SSSR count). The number of pyridine rings is 1. The fourth-order valence-electron chi connectivity index (χ4n) is 3.83. The lowest BCUT2D eigenvalue weighted by Gasteiger charge is -2.34. The standard InChI is InChI=1S/C25H27N5O2/c1-4-24(31)28-19-7-10-21-17(2)27-25(32)23(22(21)15-19)16-26-18-5-8-20(9-6-18)30-13-11-29(3)12-14-30/h4-10,15-16,26H,1-2,11-14H2,3H3,(H,27,32)(H,28,31)/b23-16-. The second-order valence-electron chi connectivity index (χ2n) is 7.93. The number of H-pyrrole nitrogens is 1. The van der Waals surface area contributed by atoms with Gasteiger partial charge in [0.05, 0.1) is 5.22 Å². The molecule has 0 aliphatic carbocycles. The van der Waals surface area contributed by atoms with E-state index in [4.69, 9.17) is 0 Å². The second kappa shape index (κ2) is 9.11. The molecule has 1 aliphatic rings. The van der Waals surface area contributed by atoms with Crippen molar-refractivity contribution in [1.82, 2.24) is 9.88 Å². The number of hydrogen-bond acceptors (Lipinski definition) is 5. The fraction of sp³-hybridized carbons (Fsp3) is 0.200. The molecule has 0 saturated carbocycles. The molecule has 0 radical (unpaired) electrons. The summed E-state index contributed by atoms with van der Waals surface area (Å²) in [4.78, 5) is 31.8. The van der Waals surface area contributed by atoms with Crippen LogP contribution in [0.4, 0.5) is 17.1 Å². The summed E-state index contributed by atoms with van der Waals surface area (Å²) >= 11 is 0. The Morgan fingerprint density at radius 3 is 2.41 bits per heavy atom. The minimum atomic E-state index is -0.312. The molecule has 7 heteroatoms. The number of fused-ring (bicyclic) bond motifs is 1. The van der Waals surface area contributed by atoms with Crippen LogP contribution in [-0.4, -0.2) is 49.0 Å². The zero-order valence-electron chi connectivity index (χ0n) is 18.1. The maximum atomic E-state index is 12.7. The highest BCUT2D eigenvalue weighted by Crippen LogP contribution is 2.19. The molecule has 2 heterocycles. The molecular weight excluding hydrogens is 402 g/mol. The van der Waals surface area contributed by atoms with Crippen LogP contribution in [0.1, 0.15) is 0 Å². The van der Waals surface area contributed by atoms with E-state index < -0.39 is 0 Å². The van der Waals surface area contributed by atoms with Gasteiger partial charge in [0.15, 0.2) is 0 Å². The number of amides is 1. The third-order valence-electron chi connectivity index (χ3n) is 5.72. The molecule has 2 aromatic carbocycles. The van der Waals surface area contributed by atoms with Crippen LogP contribution in [0.25, 0.3) is 23.6 Å². The van der Waals surface area contributed by atoms with Crippen molar-refractivity contribution in [3.05, 3.63) is 76.0 Å². The average Bonchev–Trinajstić information content (AvgIpc) is 2.79. The van der Waals surface area contributed by atoms with Crippen LogP contribution < -0.4 is 31.7 Å². The van der Waals surface area contributed by atoms with E-state index >= 15 is 0 Å². The zero-order valence-corrected chi connectivity index (χ0v) is 18.1. The largest absolute Gasteiger partial charge is 0.369 e. The second-order valence-corrected chi connectivity index (χ2v) is 7.93. The van der Waals surface area contributed by atoms with Crippen LogP contribution >= 0.6 is 0 Å². The van der Waals surface area contributed by atoms with Crippen molar-refractivity contribution in [3.8, 4) is 0 Å². The van der Waals surface area contributed by atoms with Crippen molar-refractivity contribution in [2.24, 2.45) is 0 Å². The van der Waals surface area contributed by atoms with Crippen LogP contribution in [0, 0.1) is 0 Å². The van der Waals surface area contributed by atoms with Gasteiger partial charge in [-0.05, 0) is 49.5 Å². The Balaban J connectivity index is 1.63. The van der Waals surface area contributed by atoms with E-state index in [-0.39, 0.29) is 11.5 Å². The lowest BCUT2D eigenvalue weighted by molar-refractivity contribution is -0.111. The summed E-state index contributed by atoms with van der Waals surface area (Å²) in [6, 6.07) is 13.6. The summed E-state index contributed by atoms with van der Waals surface area (Å²) < 4.78 is 0. The molecule has 0 atom stereocenters. The van der Waals surface area contributed by atoms with Gasteiger partial charge in [-0.3, -0.25) is 9.59 Å². The maximum absolute atomic E-state index is 12.7. The van der Waals surface area contributed by atoms with Crippen molar-refractivity contribution in [1.29, 1.82) is 0 Å². The first-order valence-electron chi connectivity index (χ1n) is 10.5. The Morgan fingerprint density at radius 2 is 1.72 bits per heavy atom. The molecule has 3 aromatic rings. The van der Waals surface area contributed by atoms with Crippen molar-refractivity contribution in [2.45, 2.75) is 0 Å². The van der Waals surface area contributed by atoms with Gasteiger partial charge in [-0.15, -0.1) is 0 Å². The van der Waals surface area contributed by atoms with Gasteiger partial charge in [0.2, 0.25) is 5.91 Å². The van der Waals surface area contributed by atoms with E-state index in [0.717, 1.165) is 37.3 Å². The molecule has 1 aromatic heterocycles. The van der Waals surface area contributed by atoms with Gasteiger partial charge >= 0.3 is 0 Å². The SMILES string of the molecule is C=CC(=O)Nc1ccc2c(=C)[nH]c(=O)/c(=C\Nc3ccc(N4CCN(C)CC4)cc3)c2c1. The first-order valence-corrected chi connectivity index (χ1v) is 10.5. The fourth-order valence-corrected chi connectivity index (χ4v) is 3.83. The number of hydrogen-bond donors (Lipinski definition) is 3. The predicted molar refractivity (Wildman–Crippen MR) is 132 cm³/mol. The number of aromatic nitrogens is 1. The number of rotatable bonds is 5. The summed E-state index contributed by atoms with van der Waals surface area (Å²) in [7, 11) is 2.14. The van der Waals surface area contributed by atoms with Gasteiger partial charge in [-0.1, -0.05) is 19.2 Å². The number of nitrogens with one attached hydrogen (secondary N) is 3. The monoisotopic (exact) mass is 429 g/mol. The number of nitrogens with zero attached hydrogens (tertiary/aromatic N) is 2. The van der Waals surface area contributed by atoms with Gasteiger partial charge in [0, 0.05) is 65.6 Å². The van der Waals surface area contributed by atoms with Gasteiger partial charge in [0.25, 0.3) is 5.56 Å². The first-order chi connectivity index (χ1) is 15.4. The minimum Gasteiger partial charge on any atom is -0.369 e. The van der Waals surface area contributed by atoms with Gasteiger partial charge < -0.3 is 25.4 Å². The molecule has 0 unspecified atom stereocenters. The lowest BCUT2D eigenvalue weighted by atomic mass is 10.1. The molecule has 1 amide bonds. The number of anilines is 3. The topological polar surface area (TPSA) is 80.5 Å². The molecule has 0 bridgehead atoms. The van der Waals surface area contributed by atoms with E-state index in [1.807, 2.05) is 18.2 Å². The first kappa shape index (κ1) is 21.4.